The molecule has 0 amide bonds. The van der Waals surface area contributed by atoms with Crippen LogP contribution in [0.1, 0.15) is 32.8 Å². The molecule has 1 aromatic heterocycles. The lowest BCUT2D eigenvalue weighted by Crippen LogP contribution is -2.21. The number of anilines is 1. The van der Waals surface area contributed by atoms with Crippen LogP contribution in [-0.2, 0) is 0 Å². The lowest BCUT2D eigenvalue weighted by molar-refractivity contribution is 0.373. The van der Waals surface area contributed by atoms with Gasteiger partial charge in [0, 0.05) is 11.9 Å². The minimum atomic E-state index is 0.114. The number of rotatable bonds is 4. The highest BCUT2D eigenvalue weighted by molar-refractivity contribution is 6.20. The number of alkyl halides is 1. The molecule has 1 aromatic carbocycles. The number of hydrogen-bond donors (Lipinski definition) is 1. The van der Waals surface area contributed by atoms with Gasteiger partial charge < -0.3 is 5.32 Å². The minimum Gasteiger partial charge on any atom is -0.368 e. The van der Waals surface area contributed by atoms with Gasteiger partial charge in [0.1, 0.15) is 5.82 Å². The lowest BCUT2D eigenvalue weighted by atomic mass is 9.90. The monoisotopic (exact) mass is 290 g/mol. The number of hydrogen-bond acceptors (Lipinski definition) is 2. The van der Waals surface area contributed by atoms with Gasteiger partial charge in [-0.2, -0.15) is 0 Å². The first-order valence-electron chi connectivity index (χ1n) is 7.09. The molecular formula is C17H23ClN2. The van der Waals surface area contributed by atoms with Gasteiger partial charge in [-0.3, -0.25) is 0 Å². The summed E-state index contributed by atoms with van der Waals surface area (Å²) in [5.41, 5.74) is 2.42. The van der Waals surface area contributed by atoms with Gasteiger partial charge in [-0.1, -0.05) is 39.0 Å². The van der Waals surface area contributed by atoms with E-state index in [2.05, 4.69) is 50.1 Å². The summed E-state index contributed by atoms with van der Waals surface area (Å²) in [6, 6.07) is 10.3. The SMILES string of the molecule is Cc1cc2ccccc2nc1NCC(Cl)CC(C)(C)C. The number of halogens is 1. The lowest BCUT2D eigenvalue weighted by Gasteiger charge is -2.22. The summed E-state index contributed by atoms with van der Waals surface area (Å²) in [7, 11) is 0. The molecular weight excluding hydrogens is 268 g/mol. The fourth-order valence-electron chi connectivity index (χ4n) is 2.34. The number of benzene rings is 1. The molecule has 2 rings (SSSR count). The zero-order valence-electron chi connectivity index (χ0n) is 12.7. The zero-order chi connectivity index (χ0) is 14.8. The Morgan fingerprint density at radius 1 is 1.25 bits per heavy atom. The second-order valence-corrected chi connectivity index (χ2v) is 7.21. The fraction of sp³-hybridized carbons (Fsp3) is 0.471. The molecule has 0 aliphatic heterocycles. The highest BCUT2D eigenvalue weighted by Crippen LogP contribution is 2.24. The van der Waals surface area contributed by atoms with Crippen LogP contribution in [0.15, 0.2) is 30.3 Å². The van der Waals surface area contributed by atoms with Crippen molar-refractivity contribution in [3.8, 4) is 0 Å². The number of fused-ring (bicyclic) bond motifs is 1. The van der Waals surface area contributed by atoms with Crippen LogP contribution < -0.4 is 5.32 Å². The minimum absolute atomic E-state index is 0.114. The first-order valence-corrected chi connectivity index (χ1v) is 7.53. The fourth-order valence-corrected chi connectivity index (χ4v) is 2.88. The second-order valence-electron chi connectivity index (χ2n) is 6.59. The number of pyridine rings is 1. The largest absolute Gasteiger partial charge is 0.368 e. The normalized spacial score (nSPS) is 13.4. The Kier molecular flexibility index (Phi) is 4.54. The van der Waals surface area contributed by atoms with Crippen LogP contribution in [0.4, 0.5) is 5.82 Å². The average molecular weight is 291 g/mol. The molecule has 0 spiro atoms. The van der Waals surface area contributed by atoms with Crippen molar-refractivity contribution in [3.05, 3.63) is 35.9 Å². The number of para-hydroxylation sites is 1. The van der Waals surface area contributed by atoms with Crippen molar-refractivity contribution in [3.63, 3.8) is 0 Å². The standard InChI is InChI=1S/C17H23ClN2/c1-12-9-13-7-5-6-8-15(13)20-16(12)19-11-14(18)10-17(2,3)4/h5-9,14H,10-11H2,1-4H3,(H,19,20). The first-order chi connectivity index (χ1) is 9.35. The average Bonchev–Trinajstić information content (AvgIpc) is 2.34. The van der Waals surface area contributed by atoms with Crippen LogP contribution in [0.5, 0.6) is 0 Å². The van der Waals surface area contributed by atoms with E-state index < -0.39 is 0 Å². The number of aryl methyl sites for hydroxylation is 1. The Morgan fingerprint density at radius 3 is 2.65 bits per heavy atom. The van der Waals surface area contributed by atoms with Crippen LogP contribution in [-0.4, -0.2) is 16.9 Å². The van der Waals surface area contributed by atoms with E-state index in [0.29, 0.717) is 0 Å². The van der Waals surface area contributed by atoms with Crippen molar-refractivity contribution in [1.29, 1.82) is 0 Å². The molecule has 1 atom stereocenters. The van der Waals surface area contributed by atoms with E-state index in [1.54, 1.807) is 0 Å². The second kappa shape index (κ2) is 6.01. The van der Waals surface area contributed by atoms with Gasteiger partial charge in [0.05, 0.1) is 10.9 Å². The summed E-state index contributed by atoms with van der Waals surface area (Å²) in [5, 5.41) is 4.67. The topological polar surface area (TPSA) is 24.9 Å². The van der Waals surface area contributed by atoms with E-state index in [-0.39, 0.29) is 10.8 Å². The maximum absolute atomic E-state index is 6.40. The van der Waals surface area contributed by atoms with E-state index in [9.17, 15) is 0 Å². The maximum atomic E-state index is 6.40. The van der Waals surface area contributed by atoms with E-state index in [4.69, 9.17) is 11.6 Å². The van der Waals surface area contributed by atoms with Gasteiger partial charge in [0.15, 0.2) is 0 Å². The van der Waals surface area contributed by atoms with E-state index in [1.807, 2.05) is 18.2 Å². The van der Waals surface area contributed by atoms with Gasteiger partial charge in [-0.05, 0) is 36.5 Å². The molecule has 0 bridgehead atoms. The Bertz CT molecular complexity index is 587. The highest BCUT2D eigenvalue weighted by Gasteiger charge is 2.17. The van der Waals surface area contributed by atoms with Crippen molar-refractivity contribution >= 4 is 28.3 Å². The van der Waals surface area contributed by atoms with E-state index >= 15 is 0 Å². The third-order valence-electron chi connectivity index (χ3n) is 3.24. The van der Waals surface area contributed by atoms with Gasteiger partial charge in [-0.15, -0.1) is 11.6 Å². The van der Waals surface area contributed by atoms with Crippen LogP contribution in [0.2, 0.25) is 0 Å². The third-order valence-corrected chi connectivity index (χ3v) is 3.55. The zero-order valence-corrected chi connectivity index (χ0v) is 13.5. The number of nitrogens with one attached hydrogen (secondary N) is 1. The summed E-state index contributed by atoms with van der Waals surface area (Å²) in [5.74, 6) is 0.934. The van der Waals surface area contributed by atoms with Gasteiger partial charge in [-0.25, -0.2) is 4.98 Å². The molecule has 1 heterocycles. The maximum Gasteiger partial charge on any atom is 0.129 e. The van der Waals surface area contributed by atoms with Crippen molar-refractivity contribution in [2.75, 3.05) is 11.9 Å². The van der Waals surface area contributed by atoms with Crippen LogP contribution >= 0.6 is 11.6 Å². The predicted octanol–water partition coefficient (Wildman–Crippen LogP) is 5.00. The molecule has 2 aromatic rings. The summed E-state index contributed by atoms with van der Waals surface area (Å²) in [4.78, 5) is 4.67. The molecule has 0 aliphatic rings. The summed E-state index contributed by atoms with van der Waals surface area (Å²) >= 11 is 6.40. The molecule has 3 heteroatoms. The van der Waals surface area contributed by atoms with Crippen molar-refractivity contribution in [1.82, 2.24) is 4.98 Å². The molecule has 20 heavy (non-hydrogen) atoms. The number of aromatic nitrogens is 1. The molecule has 1 unspecified atom stereocenters. The Labute approximate surface area is 126 Å². The van der Waals surface area contributed by atoms with E-state index in [0.717, 1.165) is 29.9 Å². The van der Waals surface area contributed by atoms with Gasteiger partial charge in [0.25, 0.3) is 0 Å². The quantitative estimate of drug-likeness (QED) is 0.802. The molecule has 0 radical (unpaired) electrons. The molecule has 108 valence electrons. The Balaban J connectivity index is 2.08. The van der Waals surface area contributed by atoms with Crippen molar-refractivity contribution in [2.24, 2.45) is 5.41 Å². The molecule has 1 N–H and O–H groups in total. The summed E-state index contributed by atoms with van der Waals surface area (Å²) in [6.45, 7) is 9.45. The molecule has 2 nitrogen and oxygen atoms in total. The Hall–Kier alpha value is -1.28. The molecule has 0 aliphatic carbocycles. The van der Waals surface area contributed by atoms with Crippen LogP contribution in [0.3, 0.4) is 0 Å². The van der Waals surface area contributed by atoms with Crippen LogP contribution in [0.25, 0.3) is 10.9 Å². The Morgan fingerprint density at radius 2 is 1.95 bits per heavy atom. The molecule has 0 fully saturated rings. The van der Waals surface area contributed by atoms with Crippen LogP contribution in [0, 0.1) is 12.3 Å². The molecule has 0 saturated heterocycles. The first kappa shape index (κ1) is 15.1. The van der Waals surface area contributed by atoms with Crippen molar-refractivity contribution < 1.29 is 0 Å². The number of nitrogens with zero attached hydrogens (tertiary/aromatic N) is 1. The smallest absolute Gasteiger partial charge is 0.129 e. The highest BCUT2D eigenvalue weighted by atomic mass is 35.5. The third kappa shape index (κ3) is 4.11. The van der Waals surface area contributed by atoms with E-state index in [1.165, 1.54) is 5.39 Å². The summed E-state index contributed by atoms with van der Waals surface area (Å²) < 4.78 is 0. The summed E-state index contributed by atoms with van der Waals surface area (Å²) in [6.07, 6.45) is 0.980. The molecule has 0 saturated carbocycles. The predicted molar refractivity (Wildman–Crippen MR) is 88.7 cm³/mol. The van der Waals surface area contributed by atoms with Gasteiger partial charge >= 0.3 is 0 Å². The van der Waals surface area contributed by atoms with Gasteiger partial charge in [0.2, 0.25) is 0 Å². The van der Waals surface area contributed by atoms with Crippen molar-refractivity contribution in [2.45, 2.75) is 39.5 Å².